The molecule has 0 aliphatic rings. The molecule has 0 bridgehead atoms. The summed E-state index contributed by atoms with van der Waals surface area (Å²) in [5.41, 5.74) is 1.63. The summed E-state index contributed by atoms with van der Waals surface area (Å²) in [5, 5.41) is 4.80. The highest BCUT2D eigenvalue weighted by Crippen LogP contribution is 2.25. The number of carbonyl (C=O) groups excluding carboxylic acids is 1. The summed E-state index contributed by atoms with van der Waals surface area (Å²) >= 11 is 2.42. The Morgan fingerprint density at radius 3 is 2.52 bits per heavy atom. The molecule has 11 heteroatoms. The Bertz CT molecular complexity index is 1320. The van der Waals surface area contributed by atoms with Crippen LogP contribution in [0.1, 0.15) is 5.56 Å². The second-order valence-electron chi connectivity index (χ2n) is 6.82. The van der Waals surface area contributed by atoms with Crippen molar-refractivity contribution in [1.29, 1.82) is 0 Å². The summed E-state index contributed by atoms with van der Waals surface area (Å²) < 4.78 is 42.7. The number of ether oxygens (including phenoxy) is 1. The van der Waals surface area contributed by atoms with Gasteiger partial charge in [-0.1, -0.05) is 42.1 Å². The van der Waals surface area contributed by atoms with Gasteiger partial charge in [-0.15, -0.1) is 24.5 Å². The van der Waals surface area contributed by atoms with Crippen LogP contribution in [0, 0.1) is 0 Å². The smallest absolute Gasteiger partial charge is 0.406 e. The van der Waals surface area contributed by atoms with E-state index in [-0.39, 0.29) is 17.1 Å². The van der Waals surface area contributed by atoms with E-state index in [1.807, 2.05) is 30.3 Å². The van der Waals surface area contributed by atoms with Gasteiger partial charge in [0.15, 0.2) is 5.16 Å². The average Bonchev–Trinajstić information content (AvgIpc) is 3.24. The zero-order valence-electron chi connectivity index (χ0n) is 16.8. The normalized spacial score (nSPS) is 11.5. The van der Waals surface area contributed by atoms with Crippen LogP contribution in [-0.2, 0) is 11.3 Å². The summed E-state index contributed by atoms with van der Waals surface area (Å²) in [5.74, 6) is -0.819. The fourth-order valence-electron chi connectivity index (χ4n) is 3.01. The highest BCUT2D eigenvalue weighted by molar-refractivity contribution is 7.99. The number of thiophene rings is 1. The number of fused-ring (bicyclic) bond motifs is 1. The van der Waals surface area contributed by atoms with Gasteiger partial charge in [0.1, 0.15) is 10.4 Å². The molecule has 6 nitrogen and oxygen atoms in total. The summed E-state index contributed by atoms with van der Waals surface area (Å²) in [4.78, 5) is 30.0. The number of rotatable bonds is 7. The van der Waals surface area contributed by atoms with E-state index in [9.17, 15) is 22.8 Å². The lowest BCUT2D eigenvalue weighted by Gasteiger charge is -2.12. The fraction of sp³-hybridized carbons (Fsp3) is 0.136. The second-order valence-corrected chi connectivity index (χ2v) is 8.67. The molecule has 0 atom stereocenters. The zero-order valence-corrected chi connectivity index (χ0v) is 18.5. The quantitative estimate of drug-likeness (QED) is 0.286. The topological polar surface area (TPSA) is 73.2 Å². The van der Waals surface area contributed by atoms with Crippen LogP contribution in [-0.4, -0.2) is 27.6 Å². The molecule has 0 saturated heterocycles. The van der Waals surface area contributed by atoms with Gasteiger partial charge in [-0.2, -0.15) is 0 Å². The number of hydrogen-bond donors (Lipinski definition) is 1. The van der Waals surface area contributed by atoms with Crippen molar-refractivity contribution >= 4 is 44.9 Å². The van der Waals surface area contributed by atoms with Gasteiger partial charge in [0.25, 0.3) is 5.56 Å². The maximum atomic E-state index is 13.0. The first-order valence-corrected chi connectivity index (χ1v) is 11.5. The molecule has 0 aliphatic heterocycles. The minimum Gasteiger partial charge on any atom is -0.406 e. The van der Waals surface area contributed by atoms with Crippen LogP contribution in [0.15, 0.2) is 76.0 Å². The van der Waals surface area contributed by atoms with Crippen LogP contribution in [0.5, 0.6) is 5.75 Å². The van der Waals surface area contributed by atoms with Gasteiger partial charge >= 0.3 is 6.36 Å². The Hall–Kier alpha value is -3.31. The molecule has 1 amide bonds. The monoisotopic (exact) mass is 491 g/mol. The number of thioether (sulfide) groups is 1. The van der Waals surface area contributed by atoms with Gasteiger partial charge in [0, 0.05) is 5.69 Å². The molecule has 2 heterocycles. The first-order chi connectivity index (χ1) is 15.8. The molecule has 170 valence electrons. The van der Waals surface area contributed by atoms with E-state index in [4.69, 9.17) is 0 Å². The molecule has 2 aromatic heterocycles. The van der Waals surface area contributed by atoms with E-state index in [1.54, 1.807) is 11.4 Å². The first-order valence-electron chi connectivity index (χ1n) is 9.59. The SMILES string of the molecule is O=C(CSc1nc2ccsc2c(=O)n1Cc1ccccc1)Nc1ccc(OC(F)(F)F)cc1. The molecule has 0 saturated carbocycles. The average molecular weight is 492 g/mol. The zero-order chi connectivity index (χ0) is 23.4. The van der Waals surface area contributed by atoms with Crippen molar-refractivity contribution in [2.45, 2.75) is 18.1 Å². The lowest BCUT2D eigenvalue weighted by Crippen LogP contribution is -2.24. The number of hydrogen-bond acceptors (Lipinski definition) is 6. The van der Waals surface area contributed by atoms with Crippen molar-refractivity contribution in [2.24, 2.45) is 0 Å². The predicted molar refractivity (Wildman–Crippen MR) is 122 cm³/mol. The highest BCUT2D eigenvalue weighted by Gasteiger charge is 2.31. The number of nitrogens with zero attached hydrogens (tertiary/aromatic N) is 2. The lowest BCUT2D eigenvalue weighted by molar-refractivity contribution is -0.274. The van der Waals surface area contributed by atoms with E-state index in [0.717, 1.165) is 29.5 Å². The molecular formula is C22H16F3N3O3S2. The number of anilines is 1. The van der Waals surface area contributed by atoms with Crippen molar-refractivity contribution < 1.29 is 22.7 Å². The number of amides is 1. The number of carbonyl (C=O) groups is 1. The molecule has 1 N–H and O–H groups in total. The van der Waals surface area contributed by atoms with E-state index in [1.165, 1.54) is 28.0 Å². The summed E-state index contributed by atoms with van der Waals surface area (Å²) in [6, 6.07) is 16.0. The van der Waals surface area contributed by atoms with Gasteiger partial charge in [0.2, 0.25) is 5.91 Å². The molecule has 0 fully saturated rings. The Balaban J connectivity index is 1.47. The Labute approximate surface area is 194 Å². The van der Waals surface area contributed by atoms with Crippen molar-refractivity contribution in [1.82, 2.24) is 9.55 Å². The molecule has 33 heavy (non-hydrogen) atoms. The molecule has 0 spiro atoms. The van der Waals surface area contributed by atoms with Crippen LogP contribution in [0.25, 0.3) is 10.2 Å². The number of benzene rings is 2. The molecule has 0 aliphatic carbocycles. The maximum absolute atomic E-state index is 13.0. The minimum absolute atomic E-state index is 0.0440. The third-order valence-corrected chi connectivity index (χ3v) is 6.29. The van der Waals surface area contributed by atoms with Gasteiger partial charge in [-0.3, -0.25) is 14.2 Å². The van der Waals surface area contributed by atoms with Gasteiger partial charge in [-0.05, 0) is 41.3 Å². The van der Waals surface area contributed by atoms with E-state index < -0.39 is 12.3 Å². The molecular weight excluding hydrogens is 475 g/mol. The molecule has 4 aromatic rings. The largest absolute Gasteiger partial charge is 0.573 e. The Morgan fingerprint density at radius 1 is 1.09 bits per heavy atom. The van der Waals surface area contributed by atoms with Gasteiger partial charge < -0.3 is 10.1 Å². The van der Waals surface area contributed by atoms with Gasteiger partial charge in [0.05, 0.1) is 17.8 Å². The van der Waals surface area contributed by atoms with Gasteiger partial charge in [-0.25, -0.2) is 4.98 Å². The van der Waals surface area contributed by atoms with Crippen molar-refractivity contribution in [2.75, 3.05) is 11.1 Å². The van der Waals surface area contributed by atoms with Crippen molar-refractivity contribution in [3.8, 4) is 5.75 Å². The van der Waals surface area contributed by atoms with Crippen molar-refractivity contribution in [3.05, 3.63) is 82.0 Å². The molecule has 0 radical (unpaired) electrons. The van der Waals surface area contributed by atoms with Crippen LogP contribution in [0.4, 0.5) is 18.9 Å². The maximum Gasteiger partial charge on any atom is 0.573 e. The van der Waals surface area contributed by atoms with Crippen LogP contribution >= 0.6 is 23.1 Å². The minimum atomic E-state index is -4.78. The van der Waals surface area contributed by atoms with Crippen LogP contribution < -0.4 is 15.6 Å². The Morgan fingerprint density at radius 2 is 1.82 bits per heavy atom. The molecule has 0 unspecified atom stereocenters. The van der Waals surface area contributed by atoms with E-state index in [2.05, 4.69) is 15.0 Å². The highest BCUT2D eigenvalue weighted by atomic mass is 32.2. The number of nitrogens with one attached hydrogen (secondary N) is 1. The predicted octanol–water partition coefficient (Wildman–Crippen LogP) is 5.14. The number of aromatic nitrogens is 2. The number of halogens is 3. The lowest BCUT2D eigenvalue weighted by atomic mass is 10.2. The third-order valence-electron chi connectivity index (χ3n) is 4.42. The second kappa shape index (κ2) is 9.67. The third kappa shape index (κ3) is 5.93. The Kier molecular flexibility index (Phi) is 6.70. The summed E-state index contributed by atoms with van der Waals surface area (Å²) in [7, 11) is 0. The van der Waals surface area contributed by atoms with Crippen LogP contribution in [0.3, 0.4) is 0 Å². The van der Waals surface area contributed by atoms with Crippen LogP contribution in [0.2, 0.25) is 0 Å². The summed E-state index contributed by atoms with van der Waals surface area (Å²) in [6.07, 6.45) is -4.78. The fourth-order valence-corrected chi connectivity index (χ4v) is 4.58. The molecule has 2 aromatic carbocycles. The standard InChI is InChI=1S/C22H16F3N3O3S2/c23-22(24,25)31-16-8-6-15(7-9-16)26-18(29)13-33-21-27-17-10-11-32-19(17)20(30)28(21)12-14-4-2-1-3-5-14/h1-11H,12-13H2,(H,26,29). The summed E-state index contributed by atoms with van der Waals surface area (Å²) in [6.45, 7) is 0.311. The van der Waals surface area contributed by atoms with Crippen molar-refractivity contribution in [3.63, 3.8) is 0 Å². The first kappa shape index (κ1) is 22.9. The number of alkyl halides is 3. The molecule has 4 rings (SSSR count). The van der Waals surface area contributed by atoms with E-state index >= 15 is 0 Å². The van der Waals surface area contributed by atoms with E-state index in [0.29, 0.717) is 27.6 Å².